The van der Waals surface area contributed by atoms with Gasteiger partial charge in [0.1, 0.15) is 5.82 Å². The lowest BCUT2D eigenvalue weighted by Crippen LogP contribution is -2.47. The van der Waals surface area contributed by atoms with Gasteiger partial charge in [0.05, 0.1) is 19.3 Å². The van der Waals surface area contributed by atoms with Crippen LogP contribution in [0.25, 0.3) is 0 Å². The average molecular weight is 406 g/mol. The van der Waals surface area contributed by atoms with E-state index in [0.29, 0.717) is 5.92 Å². The van der Waals surface area contributed by atoms with Crippen LogP contribution in [-0.4, -0.2) is 81.8 Å². The SMILES string of the molecule is CCCN1CCC(CNC(=NC)NCC(c2ccc(F)cc2)N2CCOCC2)C1. The minimum atomic E-state index is -0.200. The molecule has 2 unspecified atom stereocenters. The number of halogens is 1. The molecule has 1 aromatic rings. The molecule has 3 rings (SSSR count). The number of rotatable bonds is 8. The van der Waals surface area contributed by atoms with Gasteiger partial charge in [0.2, 0.25) is 0 Å². The Bertz CT molecular complexity index is 633. The Kier molecular flexibility index (Phi) is 8.70. The fourth-order valence-electron chi connectivity index (χ4n) is 4.29. The van der Waals surface area contributed by atoms with E-state index in [0.717, 1.165) is 50.9 Å². The van der Waals surface area contributed by atoms with Crippen molar-refractivity contribution < 1.29 is 9.13 Å². The van der Waals surface area contributed by atoms with E-state index in [9.17, 15) is 4.39 Å². The fourth-order valence-corrected chi connectivity index (χ4v) is 4.29. The van der Waals surface area contributed by atoms with Crippen molar-refractivity contribution >= 4 is 5.96 Å². The first-order valence-corrected chi connectivity index (χ1v) is 10.9. The number of likely N-dealkylation sites (tertiary alicyclic amines) is 1. The summed E-state index contributed by atoms with van der Waals surface area (Å²) in [5, 5.41) is 6.99. The molecule has 2 saturated heterocycles. The third kappa shape index (κ3) is 6.66. The number of morpholine rings is 1. The molecule has 2 atom stereocenters. The first-order chi connectivity index (χ1) is 14.2. The zero-order chi connectivity index (χ0) is 20.5. The van der Waals surface area contributed by atoms with Crippen LogP contribution in [0.15, 0.2) is 29.3 Å². The smallest absolute Gasteiger partial charge is 0.191 e. The number of guanidine groups is 1. The number of hydrogen-bond acceptors (Lipinski definition) is 4. The van der Waals surface area contributed by atoms with Crippen molar-refractivity contribution in [2.45, 2.75) is 25.8 Å². The second kappa shape index (κ2) is 11.5. The summed E-state index contributed by atoms with van der Waals surface area (Å²) in [4.78, 5) is 9.35. The van der Waals surface area contributed by atoms with Crippen molar-refractivity contribution in [1.82, 2.24) is 20.4 Å². The molecule has 7 heteroatoms. The number of nitrogens with one attached hydrogen (secondary N) is 2. The quantitative estimate of drug-likeness (QED) is 0.512. The van der Waals surface area contributed by atoms with Gasteiger partial charge in [-0.3, -0.25) is 9.89 Å². The molecular weight excluding hydrogens is 369 g/mol. The Morgan fingerprint density at radius 3 is 2.66 bits per heavy atom. The highest BCUT2D eigenvalue weighted by molar-refractivity contribution is 5.79. The molecular formula is C22H36FN5O. The Morgan fingerprint density at radius 1 is 1.21 bits per heavy atom. The Labute approximate surface area is 174 Å². The summed E-state index contributed by atoms with van der Waals surface area (Å²) in [5.41, 5.74) is 1.11. The molecule has 2 fully saturated rings. The van der Waals surface area contributed by atoms with Gasteiger partial charge in [-0.1, -0.05) is 19.1 Å². The molecule has 0 saturated carbocycles. The average Bonchev–Trinajstić information content (AvgIpc) is 3.20. The molecule has 2 aliphatic rings. The van der Waals surface area contributed by atoms with Gasteiger partial charge >= 0.3 is 0 Å². The molecule has 2 aliphatic heterocycles. The summed E-state index contributed by atoms with van der Waals surface area (Å²) in [6, 6.07) is 7.00. The second-order valence-electron chi connectivity index (χ2n) is 8.01. The fraction of sp³-hybridized carbons (Fsp3) is 0.682. The van der Waals surface area contributed by atoms with Gasteiger partial charge in [-0.15, -0.1) is 0 Å². The van der Waals surface area contributed by atoms with Crippen LogP contribution in [0.5, 0.6) is 0 Å². The van der Waals surface area contributed by atoms with Crippen molar-refractivity contribution in [3.8, 4) is 0 Å². The van der Waals surface area contributed by atoms with Crippen molar-refractivity contribution in [3.63, 3.8) is 0 Å². The lowest BCUT2D eigenvalue weighted by molar-refractivity contribution is 0.0170. The number of ether oxygens (including phenoxy) is 1. The predicted molar refractivity (Wildman–Crippen MR) is 116 cm³/mol. The highest BCUT2D eigenvalue weighted by atomic mass is 19.1. The van der Waals surface area contributed by atoms with E-state index < -0.39 is 0 Å². The second-order valence-corrected chi connectivity index (χ2v) is 8.01. The van der Waals surface area contributed by atoms with Crippen LogP contribution in [-0.2, 0) is 4.74 Å². The van der Waals surface area contributed by atoms with Gasteiger partial charge in [0.15, 0.2) is 5.96 Å². The third-order valence-electron chi connectivity index (χ3n) is 5.90. The van der Waals surface area contributed by atoms with Gasteiger partial charge in [-0.2, -0.15) is 0 Å². The van der Waals surface area contributed by atoms with Gasteiger partial charge in [-0.05, 0) is 49.5 Å². The Morgan fingerprint density at radius 2 is 1.97 bits per heavy atom. The van der Waals surface area contributed by atoms with Crippen LogP contribution in [0.4, 0.5) is 4.39 Å². The van der Waals surface area contributed by atoms with E-state index in [2.05, 4.69) is 32.3 Å². The summed E-state index contributed by atoms with van der Waals surface area (Å²) in [6.45, 7) is 10.7. The highest BCUT2D eigenvalue weighted by Gasteiger charge is 2.24. The minimum Gasteiger partial charge on any atom is -0.379 e. The van der Waals surface area contributed by atoms with Crippen molar-refractivity contribution in [3.05, 3.63) is 35.6 Å². The molecule has 2 N–H and O–H groups in total. The van der Waals surface area contributed by atoms with Crippen LogP contribution in [0.1, 0.15) is 31.4 Å². The number of benzene rings is 1. The largest absolute Gasteiger partial charge is 0.379 e. The predicted octanol–water partition coefficient (Wildman–Crippen LogP) is 2.10. The molecule has 2 heterocycles. The van der Waals surface area contributed by atoms with Gasteiger partial charge < -0.3 is 20.3 Å². The van der Waals surface area contributed by atoms with Crippen LogP contribution in [0.2, 0.25) is 0 Å². The van der Waals surface area contributed by atoms with E-state index in [4.69, 9.17) is 4.74 Å². The van der Waals surface area contributed by atoms with Crippen molar-refractivity contribution in [2.24, 2.45) is 10.9 Å². The Hall–Kier alpha value is -1.70. The minimum absolute atomic E-state index is 0.157. The number of aliphatic imine (C=N–C) groups is 1. The van der Waals surface area contributed by atoms with E-state index in [-0.39, 0.29) is 11.9 Å². The first-order valence-electron chi connectivity index (χ1n) is 10.9. The van der Waals surface area contributed by atoms with Gasteiger partial charge in [0, 0.05) is 39.8 Å². The maximum absolute atomic E-state index is 13.4. The molecule has 162 valence electrons. The lowest BCUT2D eigenvalue weighted by Gasteiger charge is -2.35. The maximum Gasteiger partial charge on any atom is 0.191 e. The third-order valence-corrected chi connectivity index (χ3v) is 5.90. The zero-order valence-electron chi connectivity index (χ0n) is 17.9. The molecule has 0 aliphatic carbocycles. The monoisotopic (exact) mass is 405 g/mol. The van der Waals surface area contributed by atoms with Gasteiger partial charge in [0.25, 0.3) is 0 Å². The molecule has 29 heavy (non-hydrogen) atoms. The van der Waals surface area contributed by atoms with Crippen molar-refractivity contribution in [1.29, 1.82) is 0 Å². The summed E-state index contributed by atoms with van der Waals surface area (Å²) in [6.07, 6.45) is 2.46. The summed E-state index contributed by atoms with van der Waals surface area (Å²) < 4.78 is 18.9. The molecule has 0 bridgehead atoms. The summed E-state index contributed by atoms with van der Waals surface area (Å²) in [5.74, 6) is 1.31. The van der Waals surface area contributed by atoms with E-state index in [1.54, 1.807) is 0 Å². The highest BCUT2D eigenvalue weighted by Crippen LogP contribution is 2.22. The number of nitrogens with zero attached hydrogens (tertiary/aromatic N) is 3. The molecule has 6 nitrogen and oxygen atoms in total. The topological polar surface area (TPSA) is 52.1 Å². The van der Waals surface area contributed by atoms with E-state index >= 15 is 0 Å². The van der Waals surface area contributed by atoms with E-state index in [1.165, 1.54) is 44.6 Å². The normalized spacial score (nSPS) is 22.6. The van der Waals surface area contributed by atoms with Crippen LogP contribution in [0, 0.1) is 11.7 Å². The molecule has 0 spiro atoms. The first kappa shape index (κ1) is 22.0. The molecule has 0 amide bonds. The molecule has 0 radical (unpaired) electrons. The maximum atomic E-state index is 13.4. The number of hydrogen-bond donors (Lipinski definition) is 2. The van der Waals surface area contributed by atoms with Crippen LogP contribution in [0.3, 0.4) is 0 Å². The summed E-state index contributed by atoms with van der Waals surface area (Å²) in [7, 11) is 1.81. The van der Waals surface area contributed by atoms with E-state index in [1.807, 2.05) is 19.2 Å². The Balaban J connectivity index is 1.53. The van der Waals surface area contributed by atoms with Crippen LogP contribution < -0.4 is 10.6 Å². The van der Waals surface area contributed by atoms with Crippen molar-refractivity contribution in [2.75, 3.05) is 66.1 Å². The summed E-state index contributed by atoms with van der Waals surface area (Å²) >= 11 is 0. The van der Waals surface area contributed by atoms with Gasteiger partial charge in [-0.25, -0.2) is 4.39 Å². The van der Waals surface area contributed by atoms with Crippen LogP contribution >= 0.6 is 0 Å². The molecule has 1 aromatic carbocycles. The zero-order valence-corrected chi connectivity index (χ0v) is 17.9. The lowest BCUT2D eigenvalue weighted by atomic mass is 10.0. The molecule has 0 aromatic heterocycles. The standard InChI is InChI=1S/C22H36FN5O/c1-3-9-27-10-8-18(17-27)15-25-22(24-2)26-16-21(28-11-13-29-14-12-28)19-4-6-20(23)7-5-19/h4-7,18,21H,3,8-17H2,1-2H3,(H2,24,25,26).